The molecule has 0 bridgehead atoms. The van der Waals surface area contributed by atoms with E-state index in [0.717, 1.165) is 5.02 Å². The van der Waals surface area contributed by atoms with Gasteiger partial charge < -0.3 is 5.32 Å². The van der Waals surface area contributed by atoms with Crippen molar-refractivity contribution in [3.05, 3.63) is 34.9 Å². The predicted molar refractivity (Wildman–Crippen MR) is 70.1 cm³/mol. The monoisotopic (exact) mass is 237 g/mol. The Morgan fingerprint density at radius 1 is 1.44 bits per heavy atom. The first-order valence-electron chi connectivity index (χ1n) is 6.20. The van der Waals surface area contributed by atoms with Gasteiger partial charge >= 0.3 is 0 Å². The zero-order valence-electron chi connectivity index (χ0n) is 10.0. The third-order valence-corrected chi connectivity index (χ3v) is 3.83. The molecule has 2 heteroatoms. The fourth-order valence-corrected chi connectivity index (χ4v) is 2.51. The van der Waals surface area contributed by atoms with Crippen LogP contribution in [0.4, 0.5) is 0 Å². The van der Waals surface area contributed by atoms with E-state index in [-0.39, 0.29) is 0 Å². The second-order valence-corrected chi connectivity index (χ2v) is 5.33. The number of hydrogen-bond donors (Lipinski definition) is 1. The lowest BCUT2D eigenvalue weighted by Crippen LogP contribution is -2.44. The lowest BCUT2D eigenvalue weighted by Gasteiger charge is -2.38. The second kappa shape index (κ2) is 5.20. The molecule has 0 heterocycles. The Morgan fingerprint density at radius 2 is 2.19 bits per heavy atom. The van der Waals surface area contributed by atoms with E-state index in [1.807, 2.05) is 12.1 Å². The normalized spacial score (nSPS) is 26.2. The molecule has 0 spiro atoms. The van der Waals surface area contributed by atoms with Crippen molar-refractivity contribution in [3.63, 3.8) is 0 Å². The van der Waals surface area contributed by atoms with E-state index in [2.05, 4.69) is 31.3 Å². The molecule has 1 aromatic rings. The van der Waals surface area contributed by atoms with Crippen molar-refractivity contribution in [2.24, 2.45) is 0 Å². The quantitative estimate of drug-likeness (QED) is 0.836. The molecule has 1 aromatic carbocycles. The molecule has 0 aliphatic heterocycles. The third kappa shape index (κ3) is 2.78. The van der Waals surface area contributed by atoms with Crippen molar-refractivity contribution < 1.29 is 0 Å². The Hall–Kier alpha value is -0.530. The van der Waals surface area contributed by atoms with E-state index in [0.29, 0.717) is 18.0 Å². The topological polar surface area (TPSA) is 12.0 Å². The molecule has 1 aliphatic carbocycles. The molecule has 1 nitrogen and oxygen atoms in total. The molecule has 0 saturated heterocycles. The van der Waals surface area contributed by atoms with Crippen LogP contribution in [0.1, 0.15) is 44.6 Å². The average Bonchev–Trinajstić information content (AvgIpc) is 2.22. The summed E-state index contributed by atoms with van der Waals surface area (Å²) in [5.41, 5.74) is 1.40. The lowest BCUT2D eigenvalue weighted by molar-refractivity contribution is 0.267. The highest BCUT2D eigenvalue weighted by Gasteiger charge is 2.30. The maximum Gasteiger partial charge on any atom is 0.0408 e. The SMILES string of the molecule is CCC(C)NC1CC(c2cccc(Cl)c2)C1. The molecule has 16 heavy (non-hydrogen) atoms. The number of halogens is 1. The Labute approximate surface area is 103 Å². The molecule has 1 aliphatic rings. The van der Waals surface area contributed by atoms with Gasteiger partial charge in [0.2, 0.25) is 0 Å². The standard InChI is InChI=1S/C14H20ClN/c1-3-10(2)16-14-8-12(9-14)11-5-4-6-13(15)7-11/h4-7,10,12,14,16H,3,8-9H2,1-2H3. The molecule has 0 aromatic heterocycles. The van der Waals surface area contributed by atoms with Crippen LogP contribution in [0.3, 0.4) is 0 Å². The molecule has 88 valence electrons. The van der Waals surface area contributed by atoms with Gasteiger partial charge in [0.05, 0.1) is 0 Å². The molecule has 0 radical (unpaired) electrons. The van der Waals surface area contributed by atoms with Crippen LogP contribution in [0.2, 0.25) is 5.02 Å². The molecular formula is C14H20ClN. The van der Waals surface area contributed by atoms with Gasteiger partial charge in [-0.15, -0.1) is 0 Å². The fourth-order valence-electron chi connectivity index (χ4n) is 2.31. The largest absolute Gasteiger partial charge is 0.311 e. The average molecular weight is 238 g/mol. The van der Waals surface area contributed by atoms with E-state index in [1.165, 1.54) is 24.8 Å². The molecule has 1 saturated carbocycles. The summed E-state index contributed by atoms with van der Waals surface area (Å²) in [5, 5.41) is 4.50. The van der Waals surface area contributed by atoms with Crippen molar-refractivity contribution in [2.45, 2.75) is 51.1 Å². The summed E-state index contributed by atoms with van der Waals surface area (Å²) in [6.07, 6.45) is 3.72. The minimum atomic E-state index is 0.644. The van der Waals surface area contributed by atoms with Crippen LogP contribution < -0.4 is 5.32 Å². The van der Waals surface area contributed by atoms with Gasteiger partial charge in [-0.1, -0.05) is 30.7 Å². The minimum Gasteiger partial charge on any atom is -0.311 e. The molecular weight excluding hydrogens is 218 g/mol. The lowest BCUT2D eigenvalue weighted by atomic mass is 9.75. The van der Waals surface area contributed by atoms with Crippen LogP contribution in [0.15, 0.2) is 24.3 Å². The number of rotatable bonds is 4. The van der Waals surface area contributed by atoms with Crippen molar-refractivity contribution in [1.82, 2.24) is 5.32 Å². The molecule has 1 atom stereocenters. The summed E-state index contributed by atoms with van der Waals surface area (Å²) in [5.74, 6) is 0.709. The molecule has 0 amide bonds. The van der Waals surface area contributed by atoms with Crippen LogP contribution in [-0.4, -0.2) is 12.1 Å². The van der Waals surface area contributed by atoms with Gasteiger partial charge in [-0.2, -0.15) is 0 Å². The minimum absolute atomic E-state index is 0.644. The predicted octanol–water partition coefficient (Wildman–Crippen LogP) is 3.97. The van der Waals surface area contributed by atoms with E-state index in [9.17, 15) is 0 Å². The van der Waals surface area contributed by atoms with Crippen LogP contribution in [-0.2, 0) is 0 Å². The first kappa shape index (κ1) is 11.9. The Balaban J connectivity index is 1.84. The van der Waals surface area contributed by atoms with Gasteiger partial charge in [-0.3, -0.25) is 0 Å². The Morgan fingerprint density at radius 3 is 2.81 bits per heavy atom. The fraction of sp³-hybridized carbons (Fsp3) is 0.571. The smallest absolute Gasteiger partial charge is 0.0408 e. The maximum absolute atomic E-state index is 6.00. The third-order valence-electron chi connectivity index (χ3n) is 3.59. The van der Waals surface area contributed by atoms with Crippen LogP contribution in [0.5, 0.6) is 0 Å². The Bertz CT molecular complexity index is 344. The number of nitrogens with one attached hydrogen (secondary N) is 1. The highest BCUT2D eigenvalue weighted by molar-refractivity contribution is 6.30. The first-order chi connectivity index (χ1) is 7.69. The van der Waals surface area contributed by atoms with Gasteiger partial charge in [0, 0.05) is 17.1 Å². The van der Waals surface area contributed by atoms with E-state index >= 15 is 0 Å². The molecule has 2 rings (SSSR count). The Kier molecular flexibility index (Phi) is 3.88. The van der Waals surface area contributed by atoms with Crippen molar-refractivity contribution >= 4 is 11.6 Å². The van der Waals surface area contributed by atoms with Gasteiger partial charge in [-0.05, 0) is 49.8 Å². The van der Waals surface area contributed by atoms with E-state index in [4.69, 9.17) is 11.6 Å². The summed E-state index contributed by atoms with van der Waals surface area (Å²) >= 11 is 6.00. The van der Waals surface area contributed by atoms with Crippen LogP contribution >= 0.6 is 11.6 Å². The van der Waals surface area contributed by atoms with Gasteiger partial charge in [0.15, 0.2) is 0 Å². The molecule has 1 N–H and O–H groups in total. The summed E-state index contributed by atoms with van der Waals surface area (Å²) in [6.45, 7) is 4.48. The first-order valence-corrected chi connectivity index (χ1v) is 6.58. The second-order valence-electron chi connectivity index (χ2n) is 4.90. The zero-order chi connectivity index (χ0) is 11.5. The van der Waals surface area contributed by atoms with Crippen molar-refractivity contribution in [3.8, 4) is 0 Å². The number of hydrogen-bond acceptors (Lipinski definition) is 1. The molecule has 1 fully saturated rings. The van der Waals surface area contributed by atoms with Crippen LogP contribution in [0, 0.1) is 0 Å². The van der Waals surface area contributed by atoms with Crippen LogP contribution in [0.25, 0.3) is 0 Å². The van der Waals surface area contributed by atoms with E-state index < -0.39 is 0 Å². The summed E-state index contributed by atoms with van der Waals surface area (Å²) in [7, 11) is 0. The van der Waals surface area contributed by atoms with Crippen molar-refractivity contribution in [1.29, 1.82) is 0 Å². The van der Waals surface area contributed by atoms with Gasteiger partial charge in [-0.25, -0.2) is 0 Å². The maximum atomic E-state index is 6.00. The highest BCUT2D eigenvalue weighted by atomic mass is 35.5. The van der Waals surface area contributed by atoms with E-state index in [1.54, 1.807) is 0 Å². The summed E-state index contributed by atoms with van der Waals surface area (Å²) < 4.78 is 0. The van der Waals surface area contributed by atoms with Crippen molar-refractivity contribution in [2.75, 3.05) is 0 Å². The van der Waals surface area contributed by atoms with Gasteiger partial charge in [0.25, 0.3) is 0 Å². The summed E-state index contributed by atoms with van der Waals surface area (Å²) in [6, 6.07) is 9.64. The summed E-state index contributed by atoms with van der Waals surface area (Å²) in [4.78, 5) is 0. The highest BCUT2D eigenvalue weighted by Crippen LogP contribution is 2.37. The zero-order valence-corrected chi connectivity index (χ0v) is 10.8. The molecule has 1 unspecified atom stereocenters. The van der Waals surface area contributed by atoms with Gasteiger partial charge in [0.1, 0.15) is 0 Å². The number of benzene rings is 1.